The lowest BCUT2D eigenvalue weighted by Crippen LogP contribution is -2.14. The summed E-state index contributed by atoms with van der Waals surface area (Å²) >= 11 is 5.50. The van der Waals surface area contributed by atoms with Crippen LogP contribution in [0.4, 0.5) is 5.69 Å². The van der Waals surface area contributed by atoms with Crippen LogP contribution in [0.5, 0.6) is 0 Å². The average Bonchev–Trinajstić information content (AvgIpc) is 2.66. The average molecular weight is 242 g/mol. The first kappa shape index (κ1) is 10.3. The summed E-state index contributed by atoms with van der Waals surface area (Å²) in [7, 11) is 0. The maximum Gasteiger partial charge on any atom is 0.307 e. The lowest BCUT2D eigenvalue weighted by atomic mass is 10.5. The Labute approximate surface area is 92.6 Å². The molecular weight excluding hydrogens is 238 g/mol. The molecule has 0 aliphatic heterocycles. The van der Waals surface area contributed by atoms with Crippen LogP contribution in [0.15, 0.2) is 23.3 Å². The summed E-state index contributed by atoms with van der Waals surface area (Å²) in [6.45, 7) is 0. The van der Waals surface area contributed by atoms with Crippen molar-refractivity contribution < 1.29 is 4.92 Å². The molecule has 82 valence electrons. The van der Waals surface area contributed by atoms with Crippen LogP contribution in [0.3, 0.4) is 0 Å². The minimum atomic E-state index is -0.617. The Morgan fingerprint density at radius 2 is 2.31 bits per heavy atom. The van der Waals surface area contributed by atoms with Gasteiger partial charge in [0.05, 0.1) is 4.92 Å². The Bertz CT molecular complexity index is 604. The number of halogens is 1. The van der Waals surface area contributed by atoms with Crippen molar-refractivity contribution in [1.82, 2.24) is 20.0 Å². The Balaban J connectivity index is 2.51. The molecule has 0 radical (unpaired) electrons. The summed E-state index contributed by atoms with van der Waals surface area (Å²) in [4.78, 5) is 21.2. The van der Waals surface area contributed by atoms with E-state index in [9.17, 15) is 14.9 Å². The second-order valence-corrected chi connectivity index (χ2v) is 3.21. The van der Waals surface area contributed by atoms with Crippen LogP contribution in [-0.4, -0.2) is 24.9 Å². The second kappa shape index (κ2) is 3.74. The number of H-pyrrole nitrogens is 1. The van der Waals surface area contributed by atoms with Gasteiger partial charge in [-0.1, -0.05) is 11.6 Å². The predicted molar refractivity (Wildman–Crippen MR) is 53.6 cm³/mol. The zero-order valence-corrected chi connectivity index (χ0v) is 8.38. The number of hydrogen-bond donors (Lipinski definition) is 1. The molecule has 8 nitrogen and oxygen atoms in total. The fourth-order valence-electron chi connectivity index (χ4n) is 1.06. The van der Waals surface area contributed by atoms with Gasteiger partial charge >= 0.3 is 5.69 Å². The highest BCUT2D eigenvalue weighted by Crippen LogP contribution is 2.09. The Morgan fingerprint density at radius 3 is 2.88 bits per heavy atom. The van der Waals surface area contributed by atoms with E-state index < -0.39 is 10.4 Å². The number of hydrogen-bond acceptors (Lipinski definition) is 5. The van der Waals surface area contributed by atoms with Gasteiger partial charge in [-0.2, -0.15) is 10.2 Å². The molecule has 1 N–H and O–H groups in total. The van der Waals surface area contributed by atoms with Gasteiger partial charge in [0.15, 0.2) is 0 Å². The van der Waals surface area contributed by atoms with Gasteiger partial charge in [0.25, 0.3) is 0 Å². The van der Waals surface area contributed by atoms with Crippen LogP contribution in [0, 0.1) is 10.1 Å². The minimum Gasteiger partial charge on any atom is -0.286 e. The van der Waals surface area contributed by atoms with E-state index in [2.05, 4.69) is 15.3 Å². The molecule has 0 fully saturated rings. The molecule has 0 unspecified atom stereocenters. The van der Waals surface area contributed by atoms with E-state index in [1.165, 1.54) is 0 Å². The van der Waals surface area contributed by atoms with E-state index in [4.69, 9.17) is 11.6 Å². The van der Waals surface area contributed by atoms with Crippen LogP contribution >= 0.6 is 11.6 Å². The predicted octanol–water partition coefficient (Wildman–Crippen LogP) is 0.517. The first-order valence-corrected chi connectivity index (χ1v) is 4.40. The quantitative estimate of drug-likeness (QED) is 0.609. The highest BCUT2D eigenvalue weighted by molar-refractivity contribution is 6.29. The molecule has 0 bridgehead atoms. The standard InChI is InChI=1S/C7H4ClN5O3/c8-6-1-5(14)7(11-10-6)12-3-4(2-9-12)13(15)16/h1-3H,(H,10,14). The van der Waals surface area contributed by atoms with Crippen molar-refractivity contribution >= 4 is 17.3 Å². The van der Waals surface area contributed by atoms with E-state index in [-0.39, 0.29) is 16.7 Å². The van der Waals surface area contributed by atoms with Crippen LogP contribution in [-0.2, 0) is 0 Å². The van der Waals surface area contributed by atoms with Crippen molar-refractivity contribution in [3.8, 4) is 5.82 Å². The largest absolute Gasteiger partial charge is 0.307 e. The van der Waals surface area contributed by atoms with Gasteiger partial charge in [-0.05, 0) is 0 Å². The van der Waals surface area contributed by atoms with Gasteiger partial charge in [-0.3, -0.25) is 20.0 Å². The smallest absolute Gasteiger partial charge is 0.286 e. The maximum absolute atomic E-state index is 11.4. The minimum absolute atomic E-state index is 0.0791. The molecule has 9 heteroatoms. The summed E-state index contributed by atoms with van der Waals surface area (Å²) in [5.41, 5.74) is -0.710. The van der Waals surface area contributed by atoms with Crippen LogP contribution in [0.2, 0.25) is 5.15 Å². The lowest BCUT2D eigenvalue weighted by molar-refractivity contribution is -0.384. The zero-order valence-electron chi connectivity index (χ0n) is 7.62. The molecule has 16 heavy (non-hydrogen) atoms. The van der Waals surface area contributed by atoms with E-state index in [1.807, 2.05) is 0 Å². The van der Waals surface area contributed by atoms with Crippen molar-refractivity contribution in [3.63, 3.8) is 0 Å². The van der Waals surface area contributed by atoms with Crippen LogP contribution in [0.25, 0.3) is 5.82 Å². The van der Waals surface area contributed by atoms with Gasteiger partial charge < -0.3 is 0 Å². The summed E-state index contributed by atoms with van der Waals surface area (Å²) < 4.78 is 1.01. The zero-order chi connectivity index (χ0) is 11.7. The summed E-state index contributed by atoms with van der Waals surface area (Å²) in [6, 6.07) is 1.11. The summed E-state index contributed by atoms with van der Waals surface area (Å²) in [6.07, 6.45) is 2.11. The normalized spacial score (nSPS) is 10.3. The molecular formula is C7H4ClN5O3. The van der Waals surface area contributed by atoms with Gasteiger partial charge in [0, 0.05) is 6.07 Å². The molecule has 0 aliphatic rings. The monoisotopic (exact) mass is 241 g/mol. The third kappa shape index (κ3) is 1.77. The number of aromatic amines is 1. The van der Waals surface area contributed by atoms with E-state index in [1.54, 1.807) is 0 Å². The van der Waals surface area contributed by atoms with Crippen molar-refractivity contribution in [2.24, 2.45) is 0 Å². The molecule has 2 aromatic heterocycles. The van der Waals surface area contributed by atoms with Crippen molar-refractivity contribution in [1.29, 1.82) is 0 Å². The molecule has 0 aliphatic carbocycles. The number of aromatic nitrogens is 4. The second-order valence-electron chi connectivity index (χ2n) is 2.80. The van der Waals surface area contributed by atoms with Crippen LogP contribution < -0.4 is 5.43 Å². The third-order valence-corrected chi connectivity index (χ3v) is 1.94. The molecule has 2 rings (SSSR count). The molecule has 2 aromatic rings. The SMILES string of the molecule is O=c1cc(Cl)[nH]nc1-n1cc([N+](=O)[O-])cn1. The number of nitrogens with one attached hydrogen (secondary N) is 1. The van der Waals surface area contributed by atoms with Gasteiger partial charge in [-0.25, -0.2) is 4.68 Å². The maximum atomic E-state index is 11.4. The molecule has 0 saturated heterocycles. The van der Waals surface area contributed by atoms with Crippen molar-refractivity contribution in [2.45, 2.75) is 0 Å². The highest BCUT2D eigenvalue weighted by Gasteiger charge is 2.12. The summed E-state index contributed by atoms with van der Waals surface area (Å²) in [5.74, 6) is -0.0856. The Hall–Kier alpha value is -2.22. The van der Waals surface area contributed by atoms with Gasteiger partial charge in [-0.15, -0.1) is 0 Å². The number of rotatable bonds is 2. The fraction of sp³-hybridized carbons (Fsp3) is 0. The van der Waals surface area contributed by atoms with Crippen LogP contribution in [0.1, 0.15) is 0 Å². The highest BCUT2D eigenvalue weighted by atomic mass is 35.5. The van der Waals surface area contributed by atoms with Crippen molar-refractivity contribution in [3.05, 3.63) is 44.0 Å². The first-order valence-electron chi connectivity index (χ1n) is 4.02. The Kier molecular flexibility index (Phi) is 2.41. The number of nitro groups is 1. The third-order valence-electron chi connectivity index (χ3n) is 1.74. The van der Waals surface area contributed by atoms with Gasteiger partial charge in [0.2, 0.25) is 11.2 Å². The van der Waals surface area contributed by atoms with Crippen molar-refractivity contribution in [2.75, 3.05) is 0 Å². The van der Waals surface area contributed by atoms with E-state index in [0.29, 0.717) is 0 Å². The molecule has 0 atom stereocenters. The van der Waals surface area contributed by atoms with E-state index >= 15 is 0 Å². The molecule has 2 heterocycles. The molecule has 0 spiro atoms. The Morgan fingerprint density at radius 1 is 1.56 bits per heavy atom. The topological polar surface area (TPSA) is 107 Å². The summed E-state index contributed by atoms with van der Waals surface area (Å²) in [5, 5.41) is 20.1. The van der Waals surface area contributed by atoms with E-state index in [0.717, 1.165) is 23.1 Å². The first-order chi connectivity index (χ1) is 7.58. The van der Waals surface area contributed by atoms with Gasteiger partial charge in [0.1, 0.15) is 17.5 Å². The lowest BCUT2D eigenvalue weighted by Gasteiger charge is -1.96. The molecule has 0 aromatic carbocycles. The molecule has 0 saturated carbocycles. The molecule has 0 amide bonds. The fourth-order valence-corrected chi connectivity index (χ4v) is 1.20. The number of nitrogens with zero attached hydrogens (tertiary/aromatic N) is 4.